The first kappa shape index (κ1) is 31.9. The van der Waals surface area contributed by atoms with Gasteiger partial charge in [0, 0.05) is 35.8 Å². The molecule has 43 heavy (non-hydrogen) atoms. The summed E-state index contributed by atoms with van der Waals surface area (Å²) in [5.41, 5.74) is 7.03. The minimum atomic E-state index is -1.51. The number of halogens is 1. The molecule has 2 aromatic rings. The molecule has 0 spiro atoms. The molecule has 1 aliphatic carbocycles. The Labute approximate surface area is 269 Å². The minimum Gasteiger partial charge on any atom is -1.00 e. The van der Waals surface area contributed by atoms with E-state index in [0.717, 1.165) is 49.1 Å². The van der Waals surface area contributed by atoms with Gasteiger partial charge in [0.2, 0.25) is 12.0 Å². The zero-order chi connectivity index (χ0) is 29.6. The number of allylic oxidation sites excluding steroid dienone is 4. The number of benzene rings is 2. The molecule has 6 rings (SSSR count). The van der Waals surface area contributed by atoms with Gasteiger partial charge in [0.15, 0.2) is 5.71 Å². The number of hydrogen-bond donors (Lipinski definition) is 4. The Hall–Kier alpha value is -2.54. The summed E-state index contributed by atoms with van der Waals surface area (Å²) in [5, 5.41) is 40.1. The molecule has 3 heterocycles. The van der Waals surface area contributed by atoms with Gasteiger partial charge in [-0.05, 0) is 68.5 Å². The number of hydrogen-bond acceptors (Lipinski definition) is 7. The predicted octanol–water partition coefficient (Wildman–Crippen LogP) is 1.13. The van der Waals surface area contributed by atoms with Gasteiger partial charge in [0.1, 0.15) is 48.2 Å². The Morgan fingerprint density at radius 1 is 1.02 bits per heavy atom. The Morgan fingerprint density at radius 3 is 2.58 bits per heavy atom. The Bertz CT molecular complexity index is 1490. The maximum atomic E-state index is 10.4. The number of nitrogens with zero attached hydrogens (tertiary/aromatic N) is 1. The van der Waals surface area contributed by atoms with Crippen LogP contribution in [-0.2, 0) is 10.2 Å². The van der Waals surface area contributed by atoms with Crippen LogP contribution in [0.1, 0.15) is 57.6 Å². The average Bonchev–Trinajstić information content (AvgIpc) is 3.20. The number of para-hydroxylation sites is 1. The van der Waals surface area contributed by atoms with Crippen molar-refractivity contribution in [1.29, 1.82) is 0 Å². The fraction of sp³-hybridized carbons (Fsp3) is 0.441. The molecular formula is C34H40INO7. The van der Waals surface area contributed by atoms with Crippen LogP contribution in [0.5, 0.6) is 11.5 Å². The quantitative estimate of drug-likeness (QED) is 0.253. The monoisotopic (exact) mass is 701 g/mol. The third-order valence-corrected chi connectivity index (χ3v) is 8.79. The fourth-order valence-electron chi connectivity index (χ4n) is 6.51. The van der Waals surface area contributed by atoms with Gasteiger partial charge in [-0.25, -0.2) is 0 Å². The Balaban J connectivity index is 0.00000368. The van der Waals surface area contributed by atoms with Crippen LogP contribution in [0, 0.1) is 0 Å². The highest BCUT2D eigenvalue weighted by atomic mass is 127. The summed E-state index contributed by atoms with van der Waals surface area (Å²) in [6.45, 7) is 7.22. The molecule has 0 amide bonds. The summed E-state index contributed by atoms with van der Waals surface area (Å²) in [7, 11) is 0. The second-order valence-electron chi connectivity index (χ2n) is 12.0. The van der Waals surface area contributed by atoms with Gasteiger partial charge in [-0.15, -0.1) is 0 Å². The highest BCUT2D eigenvalue weighted by molar-refractivity contribution is 6.03. The van der Waals surface area contributed by atoms with Gasteiger partial charge >= 0.3 is 0 Å². The maximum Gasteiger partial charge on any atom is 0.229 e. The topological polar surface area (TPSA) is 112 Å². The number of aliphatic hydroxyl groups excluding tert-OH is 4. The van der Waals surface area contributed by atoms with Gasteiger partial charge < -0.3 is 58.6 Å². The summed E-state index contributed by atoms with van der Waals surface area (Å²) in [4.78, 5) is 0. The fourth-order valence-corrected chi connectivity index (χ4v) is 6.51. The SMILES string of the molecule is CCC[N+]1=C(/C=C/C2=C3Oc4cc(O[C@@H]5O[C@H](CO)[C@H](O)[C@H](O)[C@H]5O)ccc4C=C3CCC2)C(C)(C)c2ccccc21.[I-]. The van der Waals surface area contributed by atoms with Gasteiger partial charge in [0.05, 0.1) is 12.0 Å². The summed E-state index contributed by atoms with van der Waals surface area (Å²) >= 11 is 0. The predicted molar refractivity (Wildman–Crippen MR) is 159 cm³/mol. The van der Waals surface area contributed by atoms with Crippen molar-refractivity contribution >= 4 is 17.5 Å². The van der Waals surface area contributed by atoms with Crippen LogP contribution in [0.2, 0.25) is 0 Å². The van der Waals surface area contributed by atoms with Crippen LogP contribution in [0.15, 0.2) is 71.5 Å². The smallest absolute Gasteiger partial charge is 0.229 e. The third-order valence-electron chi connectivity index (χ3n) is 8.79. The lowest BCUT2D eigenvalue weighted by Gasteiger charge is -2.39. The van der Waals surface area contributed by atoms with E-state index >= 15 is 0 Å². The molecule has 0 radical (unpaired) electrons. The second-order valence-corrected chi connectivity index (χ2v) is 12.0. The number of aliphatic hydroxyl groups is 4. The third kappa shape index (κ3) is 5.83. The molecule has 2 aromatic carbocycles. The van der Waals surface area contributed by atoms with Crippen LogP contribution in [0.25, 0.3) is 6.08 Å². The highest BCUT2D eigenvalue weighted by Gasteiger charge is 2.45. The zero-order valence-corrected chi connectivity index (χ0v) is 26.9. The van der Waals surface area contributed by atoms with E-state index in [0.29, 0.717) is 11.5 Å². The van der Waals surface area contributed by atoms with Crippen molar-refractivity contribution in [3.63, 3.8) is 0 Å². The van der Waals surface area contributed by atoms with Crippen LogP contribution in [0.3, 0.4) is 0 Å². The molecule has 3 aliphatic heterocycles. The lowest BCUT2D eigenvalue weighted by Crippen LogP contribution is -3.00. The molecule has 1 fully saturated rings. The van der Waals surface area contributed by atoms with E-state index in [9.17, 15) is 20.4 Å². The van der Waals surface area contributed by atoms with Crippen molar-refractivity contribution in [3.8, 4) is 11.5 Å². The molecule has 0 bridgehead atoms. The van der Waals surface area contributed by atoms with Gasteiger partial charge in [-0.2, -0.15) is 4.58 Å². The number of rotatable bonds is 7. The standard InChI is InChI=1S/C34H40NO7.HI/c1-4-16-35-25-11-6-5-10-24(25)34(2,3)28(35)15-13-20-8-7-9-22-17-21-12-14-23(18-26(21)41-32(20)22)40-33-31(39)30(38)29(37)27(19-36)42-33;/h5-6,10-15,17-18,27,29-31,33,36-39H,4,7-9,16,19H2,1-3H3;1H/q+1;/p-1/b15-13+;/t27-,29+,30+,31-,33-;/m1./s1. The molecule has 230 valence electrons. The summed E-state index contributed by atoms with van der Waals surface area (Å²) in [6.07, 6.45) is 3.84. The summed E-state index contributed by atoms with van der Waals surface area (Å²) < 4.78 is 20.3. The first-order valence-corrected chi connectivity index (χ1v) is 14.9. The highest BCUT2D eigenvalue weighted by Crippen LogP contribution is 2.43. The van der Waals surface area contributed by atoms with E-state index < -0.39 is 37.3 Å². The van der Waals surface area contributed by atoms with Gasteiger partial charge in [-0.3, -0.25) is 0 Å². The molecule has 0 aromatic heterocycles. The first-order chi connectivity index (χ1) is 20.2. The molecular weight excluding hydrogens is 661 g/mol. The second kappa shape index (κ2) is 12.8. The van der Waals surface area contributed by atoms with Crippen molar-refractivity contribution in [1.82, 2.24) is 0 Å². The number of ether oxygens (including phenoxy) is 3. The maximum absolute atomic E-state index is 10.4. The van der Waals surface area contributed by atoms with Crippen LogP contribution < -0.4 is 33.5 Å². The van der Waals surface area contributed by atoms with Crippen molar-refractivity contribution < 1.29 is 63.2 Å². The van der Waals surface area contributed by atoms with Crippen LogP contribution >= 0.6 is 0 Å². The van der Waals surface area contributed by atoms with E-state index in [2.05, 4.69) is 67.8 Å². The summed E-state index contributed by atoms with van der Waals surface area (Å²) in [6, 6.07) is 14.0. The van der Waals surface area contributed by atoms with E-state index in [1.54, 1.807) is 12.1 Å². The van der Waals surface area contributed by atoms with E-state index in [-0.39, 0.29) is 29.4 Å². The molecule has 5 atom stereocenters. The normalized spacial score (nSPS) is 27.6. The van der Waals surface area contributed by atoms with Crippen molar-refractivity contribution in [2.24, 2.45) is 0 Å². The molecule has 8 nitrogen and oxygen atoms in total. The molecule has 4 N–H and O–H groups in total. The minimum absolute atomic E-state index is 0. The van der Waals surface area contributed by atoms with Crippen molar-refractivity contribution in [2.75, 3.05) is 13.2 Å². The van der Waals surface area contributed by atoms with E-state index in [1.807, 2.05) is 6.07 Å². The average molecular weight is 702 g/mol. The van der Waals surface area contributed by atoms with Gasteiger partial charge in [0.25, 0.3) is 0 Å². The van der Waals surface area contributed by atoms with Gasteiger partial charge in [-0.1, -0.05) is 25.1 Å². The van der Waals surface area contributed by atoms with E-state index in [1.165, 1.54) is 22.5 Å². The summed E-state index contributed by atoms with van der Waals surface area (Å²) in [5.74, 6) is 1.86. The lowest BCUT2D eigenvalue weighted by atomic mass is 9.81. The molecule has 9 heteroatoms. The Morgan fingerprint density at radius 2 is 1.81 bits per heavy atom. The number of fused-ring (bicyclic) bond motifs is 3. The Kier molecular flexibility index (Phi) is 9.51. The molecule has 0 unspecified atom stereocenters. The molecule has 0 saturated carbocycles. The largest absolute Gasteiger partial charge is 1.00 e. The first-order valence-electron chi connectivity index (χ1n) is 14.9. The molecule has 4 aliphatic rings. The van der Waals surface area contributed by atoms with E-state index in [4.69, 9.17) is 14.2 Å². The van der Waals surface area contributed by atoms with Crippen molar-refractivity contribution in [3.05, 3.63) is 82.6 Å². The van der Waals surface area contributed by atoms with Crippen LogP contribution in [0.4, 0.5) is 5.69 Å². The molecule has 1 saturated heterocycles. The zero-order valence-electron chi connectivity index (χ0n) is 24.7. The van der Waals surface area contributed by atoms with Crippen LogP contribution in [-0.4, -0.2) is 74.6 Å². The van der Waals surface area contributed by atoms with Crippen molar-refractivity contribution in [2.45, 2.75) is 82.6 Å². The lowest BCUT2D eigenvalue weighted by molar-refractivity contribution is -0.437.